The van der Waals surface area contributed by atoms with Crippen LogP contribution in [0.2, 0.25) is 0 Å². The molecular weight excluding hydrogens is 528 g/mol. The first kappa shape index (κ1) is 29.0. The predicted molar refractivity (Wildman–Crippen MR) is 145 cm³/mol. The molecule has 0 amide bonds. The molecule has 3 aromatic carbocycles. The van der Waals surface area contributed by atoms with Gasteiger partial charge in [0.2, 0.25) is 12.2 Å². The largest absolute Gasteiger partial charge is 0.478 e. The van der Waals surface area contributed by atoms with Crippen molar-refractivity contribution in [3.8, 4) is 6.07 Å². The summed E-state index contributed by atoms with van der Waals surface area (Å²) in [5.74, 6) is -4.98. The smallest absolute Gasteiger partial charge is 0.349 e. The monoisotopic (exact) mass is 556 g/mol. The molecule has 0 spiro atoms. The minimum Gasteiger partial charge on any atom is -0.478 e. The summed E-state index contributed by atoms with van der Waals surface area (Å²) in [7, 11) is 0. The molecule has 0 bridgehead atoms. The van der Waals surface area contributed by atoms with E-state index in [2.05, 4.69) is 23.5 Å². The number of hydrogen-bond acceptors (Lipinski definition) is 8. The molecule has 3 N–H and O–H groups in total. The SMILES string of the molecule is N#Cc1ccc2c(c1)[C@H]1CCCN[C@H]1C2.O=C(O[C@H](C(=O)O)[C@H](OC(=O)c1ccccc1)C(=O)O)c1ccccc1. The van der Waals surface area contributed by atoms with E-state index in [1.165, 1.54) is 72.5 Å². The molecule has 1 aliphatic carbocycles. The molecule has 10 nitrogen and oxygen atoms in total. The van der Waals surface area contributed by atoms with Crippen LogP contribution in [0.15, 0.2) is 78.9 Å². The number of nitrogens with one attached hydrogen (secondary N) is 1. The second-order valence-electron chi connectivity index (χ2n) is 9.60. The minimum absolute atomic E-state index is 0.0253. The van der Waals surface area contributed by atoms with Crippen molar-refractivity contribution in [2.45, 2.75) is 43.4 Å². The molecular formula is C31H28N2O8. The van der Waals surface area contributed by atoms with Crippen molar-refractivity contribution in [2.75, 3.05) is 6.54 Å². The first-order chi connectivity index (χ1) is 19.8. The maximum absolute atomic E-state index is 12.0. The van der Waals surface area contributed by atoms with Gasteiger partial charge in [-0.2, -0.15) is 5.26 Å². The highest BCUT2D eigenvalue weighted by molar-refractivity contribution is 5.95. The van der Waals surface area contributed by atoms with E-state index >= 15 is 0 Å². The van der Waals surface area contributed by atoms with Crippen LogP contribution in [0.25, 0.3) is 0 Å². The zero-order valence-corrected chi connectivity index (χ0v) is 21.9. The number of nitrogens with zero attached hydrogens (tertiary/aromatic N) is 1. The summed E-state index contributed by atoms with van der Waals surface area (Å²) in [5, 5.41) is 31.0. The first-order valence-corrected chi connectivity index (χ1v) is 13.0. The average molecular weight is 557 g/mol. The van der Waals surface area contributed by atoms with E-state index in [4.69, 9.17) is 14.7 Å². The molecule has 3 aromatic rings. The van der Waals surface area contributed by atoms with Crippen LogP contribution in [-0.4, -0.2) is 58.9 Å². The number of benzene rings is 3. The van der Waals surface area contributed by atoms with Crippen LogP contribution in [-0.2, 0) is 25.5 Å². The zero-order chi connectivity index (χ0) is 29.4. The molecule has 5 rings (SSSR count). The van der Waals surface area contributed by atoms with E-state index in [1.807, 2.05) is 6.07 Å². The molecule has 0 saturated carbocycles. The summed E-state index contributed by atoms with van der Waals surface area (Å²) in [6.45, 7) is 1.15. The van der Waals surface area contributed by atoms with Crippen LogP contribution in [0.5, 0.6) is 0 Å². The van der Waals surface area contributed by atoms with Gasteiger partial charge in [-0.25, -0.2) is 19.2 Å². The number of fused-ring (bicyclic) bond motifs is 3. The third kappa shape index (κ3) is 7.15. The van der Waals surface area contributed by atoms with Gasteiger partial charge in [-0.15, -0.1) is 0 Å². The van der Waals surface area contributed by atoms with Crippen LogP contribution in [0.3, 0.4) is 0 Å². The summed E-state index contributed by atoms with van der Waals surface area (Å²) in [6.07, 6.45) is -0.747. The average Bonchev–Trinajstić information content (AvgIpc) is 3.37. The van der Waals surface area contributed by atoms with E-state index in [0.717, 1.165) is 18.5 Å². The second-order valence-corrected chi connectivity index (χ2v) is 9.60. The maximum atomic E-state index is 12.0. The van der Waals surface area contributed by atoms with Crippen LogP contribution in [0.4, 0.5) is 0 Å². The molecule has 1 aliphatic heterocycles. The fourth-order valence-electron chi connectivity index (χ4n) is 4.97. The fraction of sp³-hybridized carbons (Fsp3) is 0.258. The Morgan fingerprint density at radius 3 is 1.85 bits per heavy atom. The maximum Gasteiger partial charge on any atom is 0.349 e. The quantitative estimate of drug-likeness (QED) is 0.367. The number of nitriles is 1. The molecule has 4 atom stereocenters. The zero-order valence-electron chi connectivity index (χ0n) is 21.9. The van der Waals surface area contributed by atoms with Gasteiger partial charge < -0.3 is 25.0 Å². The van der Waals surface area contributed by atoms with Gasteiger partial charge in [-0.05, 0) is 79.3 Å². The number of ether oxygens (including phenoxy) is 2. The molecule has 0 aromatic heterocycles. The number of esters is 2. The number of carboxylic acids is 2. The number of hydrogen-bond donors (Lipinski definition) is 3. The van der Waals surface area contributed by atoms with E-state index < -0.39 is 36.1 Å². The lowest BCUT2D eigenvalue weighted by Crippen LogP contribution is -2.45. The molecule has 2 aliphatic rings. The summed E-state index contributed by atoms with van der Waals surface area (Å²) in [5.41, 5.74) is 3.72. The molecule has 210 valence electrons. The molecule has 1 heterocycles. The predicted octanol–water partition coefficient (Wildman–Crippen LogP) is 3.56. The van der Waals surface area contributed by atoms with Crippen LogP contribution < -0.4 is 5.32 Å². The molecule has 0 unspecified atom stereocenters. The third-order valence-electron chi connectivity index (χ3n) is 6.95. The van der Waals surface area contributed by atoms with Gasteiger partial charge in [0.15, 0.2) is 0 Å². The number of aliphatic carboxylic acids is 2. The molecule has 10 heteroatoms. The van der Waals surface area contributed by atoms with E-state index in [0.29, 0.717) is 12.0 Å². The Hall–Kier alpha value is -5.01. The van der Waals surface area contributed by atoms with Crippen molar-refractivity contribution in [2.24, 2.45) is 0 Å². The fourth-order valence-corrected chi connectivity index (χ4v) is 4.97. The molecule has 1 fully saturated rings. The Labute approximate surface area is 236 Å². The first-order valence-electron chi connectivity index (χ1n) is 13.0. The van der Waals surface area contributed by atoms with Gasteiger partial charge in [-0.3, -0.25) is 0 Å². The number of piperidine rings is 1. The van der Waals surface area contributed by atoms with E-state index in [1.54, 1.807) is 12.1 Å². The number of carboxylic acid groups (broad SMARTS) is 2. The molecule has 1 saturated heterocycles. The summed E-state index contributed by atoms with van der Waals surface area (Å²) < 4.78 is 9.52. The van der Waals surface area contributed by atoms with Gasteiger partial charge >= 0.3 is 23.9 Å². The standard InChI is InChI=1S/C18H14O8.C13H14N2/c19-15(20)13(25-17(23)11-7-3-1-4-8-11)14(16(21)22)26-18(24)12-9-5-2-6-10-12;14-8-9-3-4-10-7-13-11(12(10)6-9)2-1-5-15-13/h1-10,13-14H,(H,19,20)(H,21,22);3-4,6,11,13,15H,1-2,5,7H2/t13-,14-;11-,13+/m01/s1. The normalized spacial score (nSPS) is 18.1. The third-order valence-corrected chi connectivity index (χ3v) is 6.95. The summed E-state index contributed by atoms with van der Waals surface area (Å²) in [4.78, 5) is 46.8. The number of carbonyl (C=O) groups is 4. The second kappa shape index (κ2) is 13.4. The van der Waals surface area contributed by atoms with Crippen molar-refractivity contribution in [1.29, 1.82) is 5.26 Å². The Balaban J connectivity index is 0.000000216. The van der Waals surface area contributed by atoms with Crippen LogP contribution in [0, 0.1) is 11.3 Å². The Bertz CT molecular complexity index is 1380. The Kier molecular flexibility index (Phi) is 9.45. The molecule has 41 heavy (non-hydrogen) atoms. The topological polar surface area (TPSA) is 163 Å². The van der Waals surface area contributed by atoms with E-state index in [-0.39, 0.29) is 11.1 Å². The van der Waals surface area contributed by atoms with Crippen molar-refractivity contribution in [3.05, 3.63) is 107 Å². The van der Waals surface area contributed by atoms with Gasteiger partial charge in [0.25, 0.3) is 0 Å². The lowest BCUT2D eigenvalue weighted by Gasteiger charge is -2.27. The van der Waals surface area contributed by atoms with Gasteiger partial charge in [0.05, 0.1) is 22.8 Å². The molecule has 0 radical (unpaired) electrons. The summed E-state index contributed by atoms with van der Waals surface area (Å²) >= 11 is 0. The van der Waals surface area contributed by atoms with Gasteiger partial charge in [0.1, 0.15) is 0 Å². The van der Waals surface area contributed by atoms with Crippen molar-refractivity contribution in [3.63, 3.8) is 0 Å². The number of carbonyl (C=O) groups excluding carboxylic acids is 2. The highest BCUT2D eigenvalue weighted by Gasteiger charge is 2.41. The van der Waals surface area contributed by atoms with Gasteiger partial charge in [0, 0.05) is 6.04 Å². The van der Waals surface area contributed by atoms with Crippen molar-refractivity contribution in [1.82, 2.24) is 5.32 Å². The van der Waals surface area contributed by atoms with E-state index in [9.17, 15) is 29.4 Å². The lowest BCUT2D eigenvalue weighted by molar-refractivity contribution is -0.166. The Morgan fingerprint density at radius 2 is 1.37 bits per heavy atom. The van der Waals surface area contributed by atoms with Crippen molar-refractivity contribution < 1.29 is 38.9 Å². The number of rotatable bonds is 7. The lowest BCUT2D eigenvalue weighted by atomic mass is 9.90. The van der Waals surface area contributed by atoms with Crippen LogP contribution >= 0.6 is 0 Å². The van der Waals surface area contributed by atoms with Gasteiger partial charge in [-0.1, -0.05) is 42.5 Å². The minimum atomic E-state index is -2.21. The van der Waals surface area contributed by atoms with Crippen LogP contribution in [0.1, 0.15) is 56.2 Å². The highest BCUT2D eigenvalue weighted by Crippen LogP contribution is 2.38. The Morgan fingerprint density at radius 1 is 0.829 bits per heavy atom. The summed E-state index contributed by atoms with van der Waals surface area (Å²) in [6, 6.07) is 23.9. The highest BCUT2D eigenvalue weighted by atomic mass is 16.6. The van der Waals surface area contributed by atoms with Crippen molar-refractivity contribution >= 4 is 23.9 Å².